The first-order valence-electron chi connectivity index (χ1n) is 4.24. The molecule has 2 rings (SSSR count). The van der Waals surface area contributed by atoms with E-state index in [1.54, 1.807) is 0 Å². The van der Waals surface area contributed by atoms with Crippen LogP contribution in [0.1, 0.15) is 0 Å². The van der Waals surface area contributed by atoms with Gasteiger partial charge in [0.25, 0.3) is 5.56 Å². The van der Waals surface area contributed by atoms with Crippen molar-refractivity contribution in [2.24, 2.45) is 0 Å². The van der Waals surface area contributed by atoms with Gasteiger partial charge in [0.05, 0.1) is 0 Å². The SMILES string of the molecule is C=CC(=O)O.O=c1[nH]c(=O)c2[nH]c(=O)[nH]c2[nH]1. The highest BCUT2D eigenvalue weighted by Crippen LogP contribution is 1.88. The van der Waals surface area contributed by atoms with Crippen LogP contribution in [0.25, 0.3) is 11.2 Å². The molecule has 0 amide bonds. The molecule has 0 spiro atoms. The van der Waals surface area contributed by atoms with Crippen molar-refractivity contribution in [1.29, 1.82) is 0 Å². The van der Waals surface area contributed by atoms with E-state index in [0.29, 0.717) is 0 Å². The Morgan fingerprint density at radius 1 is 1.06 bits per heavy atom. The van der Waals surface area contributed by atoms with E-state index in [1.807, 2.05) is 4.98 Å². The maximum absolute atomic E-state index is 10.9. The molecule has 0 aromatic carbocycles. The lowest BCUT2D eigenvalue weighted by Crippen LogP contribution is -2.21. The summed E-state index contributed by atoms with van der Waals surface area (Å²) in [7, 11) is 0. The zero-order valence-electron chi connectivity index (χ0n) is 8.36. The molecule has 0 aliphatic heterocycles. The highest BCUT2D eigenvalue weighted by Gasteiger charge is 2.02. The summed E-state index contributed by atoms with van der Waals surface area (Å²) in [6.45, 7) is 2.96. The van der Waals surface area contributed by atoms with Crippen LogP contribution in [0.4, 0.5) is 0 Å². The average Bonchev–Trinajstić information content (AvgIpc) is 2.59. The molecular formula is C8H8N4O5. The normalized spacial score (nSPS) is 9.41. The Bertz CT molecular complexity index is 716. The van der Waals surface area contributed by atoms with E-state index in [1.165, 1.54) is 0 Å². The summed E-state index contributed by atoms with van der Waals surface area (Å²) < 4.78 is 0. The van der Waals surface area contributed by atoms with Gasteiger partial charge in [0.2, 0.25) is 0 Å². The summed E-state index contributed by atoms with van der Waals surface area (Å²) in [4.78, 5) is 50.2. The van der Waals surface area contributed by atoms with Crippen molar-refractivity contribution < 1.29 is 9.90 Å². The van der Waals surface area contributed by atoms with Crippen molar-refractivity contribution in [3.63, 3.8) is 0 Å². The quantitative estimate of drug-likeness (QED) is 0.384. The molecule has 0 aliphatic carbocycles. The van der Waals surface area contributed by atoms with Crippen LogP contribution in [-0.4, -0.2) is 31.0 Å². The van der Waals surface area contributed by atoms with E-state index in [9.17, 15) is 19.2 Å². The fourth-order valence-corrected chi connectivity index (χ4v) is 0.958. The second-order valence-electron chi connectivity index (χ2n) is 2.78. The third-order valence-corrected chi connectivity index (χ3v) is 1.59. The molecule has 0 bridgehead atoms. The van der Waals surface area contributed by atoms with Gasteiger partial charge in [0.1, 0.15) is 11.2 Å². The van der Waals surface area contributed by atoms with Gasteiger partial charge in [-0.2, -0.15) is 0 Å². The average molecular weight is 240 g/mol. The van der Waals surface area contributed by atoms with E-state index < -0.39 is 22.9 Å². The number of nitrogens with one attached hydrogen (secondary N) is 4. The predicted molar refractivity (Wildman–Crippen MR) is 58.0 cm³/mol. The number of aromatic nitrogens is 4. The van der Waals surface area contributed by atoms with E-state index in [2.05, 4.69) is 21.5 Å². The topological polar surface area (TPSA) is 152 Å². The van der Waals surface area contributed by atoms with Crippen LogP contribution < -0.4 is 16.9 Å². The Labute approximate surface area is 91.8 Å². The minimum atomic E-state index is -0.981. The van der Waals surface area contributed by atoms with Crippen LogP contribution >= 0.6 is 0 Å². The Balaban J connectivity index is 0.000000249. The molecule has 2 aromatic heterocycles. The first-order chi connectivity index (χ1) is 7.93. The maximum atomic E-state index is 10.9. The molecule has 0 unspecified atom stereocenters. The van der Waals surface area contributed by atoms with Gasteiger partial charge >= 0.3 is 17.3 Å². The number of hydrogen-bond acceptors (Lipinski definition) is 4. The summed E-state index contributed by atoms with van der Waals surface area (Å²) in [5.74, 6) is -0.981. The number of H-pyrrole nitrogens is 4. The Kier molecular flexibility index (Phi) is 3.44. The van der Waals surface area contributed by atoms with E-state index in [-0.39, 0.29) is 11.2 Å². The van der Waals surface area contributed by atoms with Crippen molar-refractivity contribution in [3.8, 4) is 0 Å². The lowest BCUT2D eigenvalue weighted by Gasteiger charge is -1.83. The maximum Gasteiger partial charge on any atom is 0.327 e. The molecule has 2 aromatic rings. The smallest absolute Gasteiger partial charge is 0.327 e. The van der Waals surface area contributed by atoms with E-state index in [4.69, 9.17) is 5.11 Å². The van der Waals surface area contributed by atoms with Gasteiger partial charge in [0, 0.05) is 6.08 Å². The molecule has 17 heavy (non-hydrogen) atoms. The third kappa shape index (κ3) is 3.06. The van der Waals surface area contributed by atoms with Crippen LogP contribution in [0.5, 0.6) is 0 Å². The van der Waals surface area contributed by atoms with Crippen LogP contribution in [0, 0.1) is 0 Å². The van der Waals surface area contributed by atoms with Gasteiger partial charge in [0.15, 0.2) is 0 Å². The van der Waals surface area contributed by atoms with E-state index >= 15 is 0 Å². The highest BCUT2D eigenvalue weighted by atomic mass is 16.4. The molecule has 9 heteroatoms. The van der Waals surface area contributed by atoms with Gasteiger partial charge in [-0.05, 0) is 0 Å². The fraction of sp³-hybridized carbons (Fsp3) is 0. The summed E-state index contributed by atoms with van der Waals surface area (Å²) in [5, 5.41) is 7.60. The number of hydrogen-bond donors (Lipinski definition) is 5. The minimum absolute atomic E-state index is 0.0413. The van der Waals surface area contributed by atoms with Gasteiger partial charge in [-0.3, -0.25) is 24.7 Å². The van der Waals surface area contributed by atoms with Crippen LogP contribution in [-0.2, 0) is 4.79 Å². The van der Waals surface area contributed by atoms with Crippen molar-refractivity contribution in [2.75, 3.05) is 0 Å². The minimum Gasteiger partial charge on any atom is -0.478 e. The predicted octanol–water partition coefficient (Wildman–Crippen LogP) is -1.51. The molecule has 0 aliphatic rings. The first kappa shape index (κ1) is 12.2. The molecule has 0 saturated carbocycles. The summed E-state index contributed by atoms with van der Waals surface area (Å²) >= 11 is 0. The number of fused-ring (bicyclic) bond motifs is 1. The number of carboxylic acids is 1. The van der Waals surface area contributed by atoms with Crippen molar-refractivity contribution in [3.05, 3.63) is 44.0 Å². The Hall–Kier alpha value is -2.84. The lowest BCUT2D eigenvalue weighted by molar-refractivity contribution is -0.131. The van der Waals surface area contributed by atoms with Gasteiger partial charge in [-0.25, -0.2) is 14.4 Å². The lowest BCUT2D eigenvalue weighted by atomic mass is 10.5. The molecular weight excluding hydrogens is 232 g/mol. The number of carbonyl (C=O) groups is 1. The number of aliphatic carboxylic acids is 1. The fourth-order valence-electron chi connectivity index (χ4n) is 0.958. The largest absolute Gasteiger partial charge is 0.478 e. The number of rotatable bonds is 1. The zero-order chi connectivity index (χ0) is 13.0. The molecule has 0 atom stereocenters. The Morgan fingerprint density at radius 3 is 2.00 bits per heavy atom. The molecule has 5 N–H and O–H groups in total. The van der Waals surface area contributed by atoms with Crippen LogP contribution in [0.3, 0.4) is 0 Å². The number of carboxylic acid groups (broad SMARTS) is 1. The molecule has 2 heterocycles. The highest BCUT2D eigenvalue weighted by molar-refractivity contribution is 5.78. The molecule has 0 saturated heterocycles. The van der Waals surface area contributed by atoms with Gasteiger partial charge in [-0.1, -0.05) is 6.58 Å². The van der Waals surface area contributed by atoms with Gasteiger partial charge < -0.3 is 5.11 Å². The number of imidazole rings is 1. The standard InChI is InChI=1S/C5H4N4O3.C3H4O2/c10-3-1-2(7-4(11)6-1)8-5(12)9-3;1-2-3(4)5/h(H4,6,7,8,9,10,11,12);2H,1H2,(H,4,5). The van der Waals surface area contributed by atoms with Crippen molar-refractivity contribution in [2.45, 2.75) is 0 Å². The molecule has 0 radical (unpaired) electrons. The summed E-state index contributed by atoms with van der Waals surface area (Å²) in [5.41, 5.74) is -1.65. The summed E-state index contributed by atoms with van der Waals surface area (Å²) in [6, 6.07) is 0. The van der Waals surface area contributed by atoms with Crippen molar-refractivity contribution in [1.82, 2.24) is 19.9 Å². The van der Waals surface area contributed by atoms with E-state index in [0.717, 1.165) is 6.08 Å². The van der Waals surface area contributed by atoms with Gasteiger partial charge in [-0.15, -0.1) is 0 Å². The molecule has 0 fully saturated rings. The summed E-state index contributed by atoms with van der Waals surface area (Å²) in [6.07, 6.45) is 0.833. The third-order valence-electron chi connectivity index (χ3n) is 1.59. The Morgan fingerprint density at radius 2 is 1.53 bits per heavy atom. The second kappa shape index (κ2) is 4.79. The van der Waals surface area contributed by atoms with Crippen LogP contribution in [0.2, 0.25) is 0 Å². The number of aromatic amines is 4. The molecule has 90 valence electrons. The molecule has 9 nitrogen and oxygen atoms in total. The second-order valence-corrected chi connectivity index (χ2v) is 2.78. The van der Waals surface area contributed by atoms with Crippen LogP contribution in [0.15, 0.2) is 27.0 Å². The van der Waals surface area contributed by atoms with Crippen molar-refractivity contribution >= 4 is 17.1 Å². The monoisotopic (exact) mass is 240 g/mol. The first-order valence-corrected chi connectivity index (χ1v) is 4.24. The zero-order valence-corrected chi connectivity index (χ0v) is 8.36.